The normalized spacial score (nSPS) is 25.5. The van der Waals surface area contributed by atoms with Gasteiger partial charge in [-0.1, -0.05) is 90.5 Å². The number of alkyl halides is 3. The molecule has 0 bridgehead atoms. The number of rotatable bonds is 4. The molecule has 0 unspecified atom stereocenters. The van der Waals surface area contributed by atoms with Crippen LogP contribution in [0.15, 0.2) is 91.0 Å². The summed E-state index contributed by atoms with van der Waals surface area (Å²) in [4.78, 5) is 2.24. The number of likely N-dealkylation sites (tertiary alicyclic amines) is 1. The van der Waals surface area contributed by atoms with E-state index in [4.69, 9.17) is 11.6 Å². The quantitative estimate of drug-likeness (QED) is 0.363. The Morgan fingerprint density at radius 2 is 1.50 bits per heavy atom. The van der Waals surface area contributed by atoms with Crippen LogP contribution < -0.4 is 0 Å². The first-order valence-corrected chi connectivity index (χ1v) is 12.2. The third kappa shape index (κ3) is 4.67. The van der Waals surface area contributed by atoms with Crippen LogP contribution in [0.4, 0.5) is 13.2 Å². The Labute approximate surface area is 203 Å². The number of hydrogen-bond acceptors (Lipinski definition) is 1. The van der Waals surface area contributed by atoms with Crippen molar-refractivity contribution in [2.24, 2.45) is 17.8 Å². The number of fused-ring (bicyclic) bond motifs is 1. The van der Waals surface area contributed by atoms with Crippen molar-refractivity contribution < 1.29 is 13.2 Å². The van der Waals surface area contributed by atoms with Crippen molar-refractivity contribution in [1.82, 2.24) is 4.90 Å². The summed E-state index contributed by atoms with van der Waals surface area (Å²) in [5.41, 5.74) is 4.10. The second-order valence-electron chi connectivity index (χ2n) is 9.33. The lowest BCUT2D eigenvalue weighted by molar-refractivity contribution is -0.205. The predicted molar refractivity (Wildman–Crippen MR) is 131 cm³/mol. The standard InChI is InChI=1S/C29H27ClF3N/c30-23-13-11-22(12-14-23)28-27-25(17-18-34(28)19-20-7-3-1-4-8-20)24(21-9-5-2-6-10-21)15-16-26(27)29(31,32)33/h1-15,25-28H,16-19H2/t25-,26+,27-,28+/m0/s1. The highest BCUT2D eigenvalue weighted by molar-refractivity contribution is 6.30. The van der Waals surface area contributed by atoms with Gasteiger partial charge >= 0.3 is 6.18 Å². The topological polar surface area (TPSA) is 3.24 Å². The van der Waals surface area contributed by atoms with Crippen LogP contribution in [0.5, 0.6) is 0 Å². The molecule has 2 aliphatic rings. The van der Waals surface area contributed by atoms with Crippen LogP contribution in [-0.2, 0) is 6.54 Å². The highest BCUT2D eigenvalue weighted by Gasteiger charge is 2.54. The fraction of sp³-hybridized carbons (Fsp3) is 0.310. The van der Waals surface area contributed by atoms with Crippen molar-refractivity contribution in [3.8, 4) is 0 Å². The first-order valence-electron chi connectivity index (χ1n) is 11.8. The van der Waals surface area contributed by atoms with Crippen molar-refractivity contribution in [2.75, 3.05) is 6.54 Å². The Bertz CT molecular complexity index is 1130. The molecule has 0 aromatic heterocycles. The van der Waals surface area contributed by atoms with E-state index < -0.39 is 18.0 Å². The van der Waals surface area contributed by atoms with Gasteiger partial charge in [0.2, 0.25) is 0 Å². The molecule has 34 heavy (non-hydrogen) atoms. The van der Waals surface area contributed by atoms with Crippen molar-refractivity contribution in [1.29, 1.82) is 0 Å². The first-order chi connectivity index (χ1) is 16.4. The molecule has 1 nitrogen and oxygen atoms in total. The van der Waals surface area contributed by atoms with Gasteiger partial charge in [-0.15, -0.1) is 0 Å². The Morgan fingerprint density at radius 3 is 2.15 bits per heavy atom. The summed E-state index contributed by atoms with van der Waals surface area (Å²) in [6.07, 6.45) is -1.70. The van der Waals surface area contributed by atoms with E-state index in [1.54, 1.807) is 12.1 Å². The van der Waals surface area contributed by atoms with Gasteiger partial charge in [-0.05, 0) is 65.6 Å². The number of allylic oxidation sites excluding steroid dienone is 2. The molecule has 5 rings (SSSR count). The number of hydrogen-bond donors (Lipinski definition) is 0. The minimum Gasteiger partial charge on any atom is -0.292 e. The Morgan fingerprint density at radius 1 is 0.853 bits per heavy atom. The lowest BCUT2D eigenvalue weighted by Crippen LogP contribution is -2.50. The van der Waals surface area contributed by atoms with Crippen LogP contribution in [0.1, 0.15) is 35.6 Å². The van der Waals surface area contributed by atoms with Crippen LogP contribution in [0.25, 0.3) is 5.57 Å². The molecule has 0 saturated carbocycles. The van der Waals surface area contributed by atoms with Crippen LogP contribution in [0.2, 0.25) is 5.02 Å². The molecular weight excluding hydrogens is 455 g/mol. The molecule has 0 spiro atoms. The van der Waals surface area contributed by atoms with Gasteiger partial charge in [0, 0.05) is 17.6 Å². The maximum absolute atomic E-state index is 14.5. The van der Waals surface area contributed by atoms with E-state index in [0.717, 1.165) is 28.8 Å². The minimum absolute atomic E-state index is 0.0121. The van der Waals surface area contributed by atoms with E-state index in [9.17, 15) is 13.2 Å². The summed E-state index contributed by atoms with van der Waals surface area (Å²) in [5.74, 6) is -2.11. The Balaban J connectivity index is 1.60. The van der Waals surface area contributed by atoms with Gasteiger partial charge in [-0.25, -0.2) is 0 Å². The van der Waals surface area contributed by atoms with Gasteiger partial charge in [0.1, 0.15) is 0 Å². The minimum atomic E-state index is -4.26. The zero-order valence-corrected chi connectivity index (χ0v) is 19.5. The molecule has 176 valence electrons. The maximum atomic E-state index is 14.5. The summed E-state index contributed by atoms with van der Waals surface area (Å²) in [5, 5.41) is 0.589. The second kappa shape index (κ2) is 9.59. The van der Waals surface area contributed by atoms with Crippen LogP contribution >= 0.6 is 11.6 Å². The molecule has 3 aromatic rings. The summed E-state index contributed by atoms with van der Waals surface area (Å²) < 4.78 is 43.4. The zero-order valence-electron chi connectivity index (χ0n) is 18.8. The van der Waals surface area contributed by atoms with E-state index in [1.165, 1.54) is 0 Å². The number of benzene rings is 3. The molecule has 1 heterocycles. The average Bonchev–Trinajstić information content (AvgIpc) is 2.84. The number of piperidine rings is 1. The molecule has 5 heteroatoms. The Hall–Kier alpha value is -2.56. The van der Waals surface area contributed by atoms with Gasteiger partial charge in [-0.3, -0.25) is 4.90 Å². The third-order valence-corrected chi connectivity index (χ3v) is 7.63. The fourth-order valence-corrected chi connectivity index (χ4v) is 6.05. The molecule has 1 saturated heterocycles. The number of nitrogens with zero attached hydrogens (tertiary/aromatic N) is 1. The van der Waals surface area contributed by atoms with Crippen LogP contribution in [-0.4, -0.2) is 17.6 Å². The second-order valence-corrected chi connectivity index (χ2v) is 9.77. The fourth-order valence-electron chi connectivity index (χ4n) is 5.93. The molecule has 0 amide bonds. The Kier molecular flexibility index (Phi) is 6.54. The maximum Gasteiger partial charge on any atom is 0.392 e. The van der Waals surface area contributed by atoms with Gasteiger partial charge in [0.05, 0.1) is 5.92 Å². The van der Waals surface area contributed by atoms with Crippen molar-refractivity contribution >= 4 is 17.2 Å². The monoisotopic (exact) mass is 481 g/mol. The third-order valence-electron chi connectivity index (χ3n) is 7.37. The largest absolute Gasteiger partial charge is 0.392 e. The summed E-state index contributed by atoms with van der Waals surface area (Å²) in [6.45, 7) is 1.35. The molecule has 0 N–H and O–H groups in total. The van der Waals surface area contributed by atoms with Crippen LogP contribution in [0, 0.1) is 17.8 Å². The first kappa shape index (κ1) is 23.2. The van der Waals surface area contributed by atoms with E-state index in [2.05, 4.69) is 4.90 Å². The molecule has 0 radical (unpaired) electrons. The summed E-state index contributed by atoms with van der Waals surface area (Å²) in [7, 11) is 0. The highest BCUT2D eigenvalue weighted by atomic mass is 35.5. The van der Waals surface area contributed by atoms with Crippen molar-refractivity contribution in [2.45, 2.75) is 31.6 Å². The zero-order chi connectivity index (χ0) is 23.7. The highest BCUT2D eigenvalue weighted by Crippen LogP contribution is 2.56. The SMILES string of the molecule is FC(F)(F)[C@@H]1CC=C(c2ccccc2)[C@@H]2CCN(Cc3ccccc3)[C@H](c3ccc(Cl)cc3)[C@H]12. The van der Waals surface area contributed by atoms with E-state index in [0.29, 0.717) is 18.0 Å². The summed E-state index contributed by atoms with van der Waals surface area (Å²) in [6, 6.07) is 27.0. The average molecular weight is 482 g/mol. The van der Waals surface area contributed by atoms with Gasteiger partial charge < -0.3 is 0 Å². The number of halogens is 4. The molecule has 4 atom stereocenters. The van der Waals surface area contributed by atoms with Crippen molar-refractivity contribution in [3.63, 3.8) is 0 Å². The lowest BCUT2D eigenvalue weighted by Gasteiger charge is -2.51. The van der Waals surface area contributed by atoms with Gasteiger partial charge in [0.15, 0.2) is 0 Å². The van der Waals surface area contributed by atoms with E-state index in [-0.39, 0.29) is 18.4 Å². The lowest BCUT2D eigenvalue weighted by atomic mass is 9.62. The van der Waals surface area contributed by atoms with E-state index in [1.807, 2.05) is 78.9 Å². The van der Waals surface area contributed by atoms with Gasteiger partial charge in [0.25, 0.3) is 0 Å². The molecule has 3 aromatic carbocycles. The van der Waals surface area contributed by atoms with Crippen LogP contribution in [0.3, 0.4) is 0 Å². The van der Waals surface area contributed by atoms with Crippen molar-refractivity contribution in [3.05, 3.63) is 113 Å². The molecular formula is C29H27ClF3N. The smallest absolute Gasteiger partial charge is 0.292 e. The van der Waals surface area contributed by atoms with Gasteiger partial charge in [-0.2, -0.15) is 13.2 Å². The molecule has 1 fully saturated rings. The molecule has 1 aliphatic carbocycles. The summed E-state index contributed by atoms with van der Waals surface area (Å²) >= 11 is 6.16. The predicted octanol–water partition coefficient (Wildman–Crippen LogP) is 8.19. The molecule has 1 aliphatic heterocycles. The van der Waals surface area contributed by atoms with E-state index >= 15 is 0 Å².